The first-order chi connectivity index (χ1) is 30.5. The van der Waals surface area contributed by atoms with Crippen LogP contribution in [-0.2, 0) is 38.8 Å². The normalized spacial score (nSPS) is 14.1. The van der Waals surface area contributed by atoms with Gasteiger partial charge < -0.3 is 40.9 Å². The Morgan fingerprint density at radius 1 is 0.672 bits per heavy atom. The van der Waals surface area contributed by atoms with Crippen LogP contribution < -0.4 is 10.6 Å². The van der Waals surface area contributed by atoms with E-state index in [1.54, 1.807) is 6.07 Å². The van der Waals surface area contributed by atoms with E-state index < -0.39 is 48.6 Å². The first kappa shape index (κ1) is 60.9. The summed E-state index contributed by atoms with van der Waals surface area (Å²) in [6, 6.07) is 21.4. The maximum atomic E-state index is 14.9. The van der Waals surface area contributed by atoms with Crippen molar-refractivity contribution in [2.24, 2.45) is 0 Å². The molecule has 0 aliphatic carbocycles. The van der Waals surface area contributed by atoms with E-state index in [0.717, 1.165) is 62.5 Å². The van der Waals surface area contributed by atoms with Gasteiger partial charge in [-0.25, -0.2) is 23.6 Å². The highest BCUT2D eigenvalue weighted by Gasteiger charge is 2.40. The number of piperazine rings is 1. The highest BCUT2D eigenvalue weighted by molar-refractivity contribution is 5.94. The Labute approximate surface area is 373 Å². The van der Waals surface area contributed by atoms with Crippen LogP contribution in [0.1, 0.15) is 34.0 Å². The van der Waals surface area contributed by atoms with Crippen LogP contribution in [0.25, 0.3) is 11.1 Å². The number of carbonyl (C=O) groups is 5. The Hall–Kier alpha value is -6.06. The van der Waals surface area contributed by atoms with Gasteiger partial charge in [-0.1, -0.05) is 36.4 Å². The fraction of sp³-hybridized carbons (Fsp3) is 0.425. The van der Waals surface area contributed by atoms with Gasteiger partial charge in [0.2, 0.25) is 0 Å². The van der Waals surface area contributed by atoms with Crippen molar-refractivity contribution in [1.29, 1.82) is 0 Å². The second-order valence-corrected chi connectivity index (χ2v) is 14.2. The third-order valence-electron chi connectivity index (χ3n) is 8.12. The van der Waals surface area contributed by atoms with E-state index in [0.29, 0.717) is 23.7 Å². The maximum Gasteiger partial charge on any atom is 0.490 e. The number of amides is 1. The number of hydrogen-bond acceptors (Lipinski definition) is 9. The molecule has 1 heterocycles. The number of benzene rings is 3. The number of halogens is 13. The molecule has 1 saturated heterocycles. The van der Waals surface area contributed by atoms with Crippen molar-refractivity contribution in [3.05, 3.63) is 94.8 Å². The van der Waals surface area contributed by atoms with Crippen molar-refractivity contribution >= 4 is 29.8 Å². The monoisotopic (exact) mass is 987 g/mol. The van der Waals surface area contributed by atoms with Crippen molar-refractivity contribution in [1.82, 2.24) is 25.3 Å². The molecule has 0 radical (unpaired) electrons. The molecule has 0 unspecified atom stereocenters. The predicted octanol–water partition coefficient (Wildman–Crippen LogP) is 6.74. The van der Waals surface area contributed by atoms with E-state index in [4.69, 9.17) is 39.6 Å². The zero-order chi connectivity index (χ0) is 52.1. The lowest BCUT2D eigenvalue weighted by Crippen LogP contribution is -2.48. The van der Waals surface area contributed by atoms with E-state index in [9.17, 15) is 61.9 Å². The van der Waals surface area contributed by atoms with Crippen LogP contribution >= 0.6 is 0 Å². The number of carboxylic acid groups (broad SMARTS) is 4. The Morgan fingerprint density at radius 2 is 1.15 bits per heavy atom. The molecule has 27 heteroatoms. The molecule has 0 spiro atoms. The van der Waals surface area contributed by atoms with Crippen LogP contribution in [0.4, 0.5) is 57.1 Å². The quantitative estimate of drug-likeness (QED) is 0.111. The van der Waals surface area contributed by atoms with E-state index in [1.165, 1.54) is 11.6 Å². The van der Waals surface area contributed by atoms with Crippen molar-refractivity contribution < 1.29 is 101 Å². The molecule has 1 aliphatic rings. The molecule has 1 fully saturated rings. The van der Waals surface area contributed by atoms with Gasteiger partial charge in [-0.3, -0.25) is 9.69 Å². The van der Waals surface area contributed by atoms with Crippen molar-refractivity contribution in [3.63, 3.8) is 0 Å². The number of rotatable bonds is 11. The predicted molar refractivity (Wildman–Crippen MR) is 212 cm³/mol. The SMILES string of the molecule is C[C@H]1CN(Cc2cccc(-c3cc(CNC(=O)c4cccc(CN(C)CCN(C)C)c4)ccc3F)c2)CCN1.O=C(O)C(F)(F)F.O=C(O)C(F)(F)F.O=C(O)C(F)(F)F.O=C(O)C(F)(F)F. The number of likely N-dealkylation sites (N-methyl/N-ethyl adjacent to an activating group) is 2. The highest BCUT2D eigenvalue weighted by atomic mass is 19.4. The molecule has 0 aromatic heterocycles. The standard InChI is InChI=1S/C32H42FN5O.4C2HF3O2/c1-24-21-38(14-13-34-24)23-27-8-5-9-28(17-27)30-19-25(11-12-31(30)33)20-35-32(39)29-10-6-7-26(18-29)22-37(4)16-15-36(2)3;4*3-2(4,5)1(6)7/h5-12,17-19,24,34H,13-16,20-23H2,1-4H3,(H,35,39);4*(H,6,7)/t24-;;;;/m0..../s1. The van der Waals surface area contributed by atoms with Gasteiger partial charge in [0.1, 0.15) is 5.82 Å². The van der Waals surface area contributed by atoms with Gasteiger partial charge in [0.25, 0.3) is 5.91 Å². The fourth-order valence-corrected chi connectivity index (χ4v) is 5.01. The molecular formula is C40H46F13N5O9. The van der Waals surface area contributed by atoms with Crippen LogP contribution in [0.5, 0.6) is 0 Å². The van der Waals surface area contributed by atoms with Gasteiger partial charge in [-0.15, -0.1) is 0 Å². The number of nitrogens with zero attached hydrogens (tertiary/aromatic N) is 3. The average Bonchev–Trinajstić information content (AvgIpc) is 3.19. The highest BCUT2D eigenvalue weighted by Crippen LogP contribution is 2.26. The molecular weight excluding hydrogens is 941 g/mol. The van der Waals surface area contributed by atoms with E-state index in [1.807, 2.05) is 42.5 Å². The Balaban J connectivity index is 0.00000125. The number of carboxylic acids is 4. The molecule has 14 nitrogen and oxygen atoms in total. The van der Waals surface area contributed by atoms with Gasteiger partial charge in [-0.05, 0) is 80.7 Å². The average molecular weight is 988 g/mol. The minimum absolute atomic E-state index is 0.133. The molecule has 1 atom stereocenters. The molecule has 1 aliphatic heterocycles. The summed E-state index contributed by atoms with van der Waals surface area (Å²) in [5.74, 6) is -11.4. The second kappa shape index (κ2) is 27.5. The van der Waals surface area contributed by atoms with Gasteiger partial charge in [0, 0.05) is 69.5 Å². The molecule has 6 N–H and O–H groups in total. The summed E-state index contributed by atoms with van der Waals surface area (Å²) in [5.41, 5.74) is 5.17. The number of carbonyl (C=O) groups excluding carboxylic acids is 1. The summed E-state index contributed by atoms with van der Waals surface area (Å²) in [6.45, 7) is 9.09. The molecule has 0 saturated carbocycles. The molecule has 4 rings (SSSR count). The van der Waals surface area contributed by atoms with Crippen LogP contribution in [-0.4, -0.2) is 150 Å². The zero-order valence-corrected chi connectivity index (χ0v) is 35.7. The lowest BCUT2D eigenvalue weighted by molar-refractivity contribution is -0.193. The van der Waals surface area contributed by atoms with E-state index >= 15 is 0 Å². The molecule has 3 aromatic carbocycles. The number of hydrogen-bond donors (Lipinski definition) is 6. The van der Waals surface area contributed by atoms with Crippen LogP contribution in [0.15, 0.2) is 66.7 Å². The first-order valence-electron chi connectivity index (χ1n) is 18.8. The molecule has 0 bridgehead atoms. The topological polar surface area (TPSA) is 200 Å². The smallest absolute Gasteiger partial charge is 0.475 e. The van der Waals surface area contributed by atoms with Gasteiger partial charge in [-0.2, -0.15) is 52.7 Å². The van der Waals surface area contributed by atoms with Crippen molar-refractivity contribution in [2.45, 2.75) is 57.3 Å². The lowest BCUT2D eigenvalue weighted by Gasteiger charge is -2.31. The summed E-state index contributed by atoms with van der Waals surface area (Å²) in [4.78, 5) is 55.4. The van der Waals surface area contributed by atoms with Crippen LogP contribution in [0, 0.1) is 5.82 Å². The Morgan fingerprint density at radius 3 is 1.61 bits per heavy atom. The van der Waals surface area contributed by atoms with Crippen molar-refractivity contribution in [3.8, 4) is 11.1 Å². The van der Waals surface area contributed by atoms with E-state index in [2.05, 4.69) is 65.5 Å². The second-order valence-electron chi connectivity index (χ2n) is 14.2. The summed E-state index contributed by atoms with van der Waals surface area (Å²) in [7, 11) is 6.22. The van der Waals surface area contributed by atoms with Crippen LogP contribution in [0.2, 0.25) is 0 Å². The summed E-state index contributed by atoms with van der Waals surface area (Å²) in [5, 5.41) is 35.0. The van der Waals surface area contributed by atoms with Crippen molar-refractivity contribution in [2.75, 3.05) is 53.9 Å². The van der Waals surface area contributed by atoms with Gasteiger partial charge in [0.05, 0.1) is 0 Å². The number of nitrogens with one attached hydrogen (secondary N) is 2. The van der Waals surface area contributed by atoms with E-state index in [-0.39, 0.29) is 11.7 Å². The van der Waals surface area contributed by atoms with Crippen LogP contribution in [0.3, 0.4) is 0 Å². The molecule has 67 heavy (non-hydrogen) atoms. The zero-order valence-electron chi connectivity index (χ0n) is 35.7. The Kier molecular flexibility index (Phi) is 25.1. The van der Waals surface area contributed by atoms with Gasteiger partial charge >= 0.3 is 48.6 Å². The third kappa shape index (κ3) is 26.6. The maximum absolute atomic E-state index is 14.9. The largest absolute Gasteiger partial charge is 0.490 e. The fourth-order valence-electron chi connectivity index (χ4n) is 5.01. The number of aliphatic carboxylic acids is 4. The Bertz CT molecular complexity index is 1970. The summed E-state index contributed by atoms with van der Waals surface area (Å²) >= 11 is 0. The summed E-state index contributed by atoms with van der Waals surface area (Å²) < 4.78 is 142. The van der Waals surface area contributed by atoms with Gasteiger partial charge in [0.15, 0.2) is 0 Å². The first-order valence-corrected chi connectivity index (χ1v) is 18.8. The summed E-state index contributed by atoms with van der Waals surface area (Å²) in [6.07, 6.45) is -20.3. The lowest BCUT2D eigenvalue weighted by atomic mass is 10.00. The molecule has 376 valence electrons. The molecule has 3 aromatic rings. The third-order valence-corrected chi connectivity index (χ3v) is 8.12. The number of alkyl halides is 12. The minimum atomic E-state index is -5.08. The molecule has 1 amide bonds. The minimum Gasteiger partial charge on any atom is -0.475 e.